The molecule has 0 heterocycles. The van der Waals surface area contributed by atoms with Crippen LogP contribution in [-0.4, -0.2) is 47.4 Å². The highest BCUT2D eigenvalue weighted by molar-refractivity contribution is 6.02. The van der Waals surface area contributed by atoms with Crippen LogP contribution in [0.2, 0.25) is 0 Å². The van der Waals surface area contributed by atoms with Crippen molar-refractivity contribution in [3.05, 3.63) is 11.1 Å². The summed E-state index contributed by atoms with van der Waals surface area (Å²) in [4.78, 5) is 35.5. The molecule has 2 amide bonds. The lowest BCUT2D eigenvalue weighted by atomic mass is 10.1. The van der Waals surface area contributed by atoms with E-state index in [1.165, 1.54) is 18.7 Å². The number of amides is 2. The summed E-state index contributed by atoms with van der Waals surface area (Å²) in [5, 5.41) is 11.4. The predicted octanol–water partition coefficient (Wildman–Crippen LogP) is 0.392. The van der Waals surface area contributed by atoms with E-state index in [9.17, 15) is 14.4 Å². The second-order valence-corrected chi connectivity index (χ2v) is 3.83. The van der Waals surface area contributed by atoms with Gasteiger partial charge in [0.05, 0.1) is 6.54 Å². The molecule has 18 heavy (non-hydrogen) atoms. The molecular weight excluding hydrogens is 236 g/mol. The van der Waals surface area contributed by atoms with Gasteiger partial charge in [0.25, 0.3) is 0 Å². The lowest BCUT2D eigenvalue weighted by molar-refractivity contribution is -0.134. The quantitative estimate of drug-likeness (QED) is 0.673. The van der Waals surface area contributed by atoms with Gasteiger partial charge in [-0.1, -0.05) is 0 Å². The fourth-order valence-electron chi connectivity index (χ4n) is 1.31. The van der Waals surface area contributed by atoms with Gasteiger partial charge in [-0.3, -0.25) is 9.59 Å². The molecule has 0 unspecified atom stereocenters. The number of hydrogen-bond acceptors (Lipinski definition) is 3. The molecule has 0 saturated carbocycles. The van der Waals surface area contributed by atoms with Gasteiger partial charge in [-0.15, -0.1) is 0 Å². The second-order valence-electron chi connectivity index (χ2n) is 3.83. The molecule has 0 aliphatic carbocycles. The van der Waals surface area contributed by atoms with Crippen molar-refractivity contribution in [3.63, 3.8) is 0 Å². The molecule has 0 aromatic carbocycles. The van der Waals surface area contributed by atoms with E-state index < -0.39 is 11.9 Å². The van der Waals surface area contributed by atoms with E-state index in [0.717, 1.165) is 0 Å². The van der Waals surface area contributed by atoms with Crippen molar-refractivity contribution in [2.24, 2.45) is 0 Å². The molecule has 6 nitrogen and oxygen atoms in total. The Bertz CT molecular complexity index is 374. The Labute approximate surface area is 107 Å². The first-order valence-electron chi connectivity index (χ1n) is 5.81. The molecule has 0 aromatic rings. The van der Waals surface area contributed by atoms with Crippen molar-refractivity contribution < 1.29 is 19.5 Å². The third-order valence-electron chi connectivity index (χ3n) is 2.58. The normalized spacial score (nSPS) is 11.6. The molecule has 0 aromatic heterocycles. The van der Waals surface area contributed by atoms with Gasteiger partial charge in [0.15, 0.2) is 0 Å². The molecule has 2 N–H and O–H groups in total. The summed E-state index contributed by atoms with van der Waals surface area (Å²) in [6, 6.07) is 0. The van der Waals surface area contributed by atoms with Gasteiger partial charge >= 0.3 is 5.97 Å². The van der Waals surface area contributed by atoms with Gasteiger partial charge in [-0.2, -0.15) is 0 Å². The van der Waals surface area contributed by atoms with Crippen LogP contribution in [0.25, 0.3) is 0 Å². The Morgan fingerprint density at radius 1 is 1.11 bits per heavy atom. The van der Waals surface area contributed by atoms with Crippen molar-refractivity contribution in [2.75, 3.05) is 19.6 Å². The lowest BCUT2D eigenvalue weighted by Gasteiger charge is -2.21. The van der Waals surface area contributed by atoms with E-state index in [2.05, 4.69) is 5.32 Å². The van der Waals surface area contributed by atoms with Crippen LogP contribution < -0.4 is 5.32 Å². The van der Waals surface area contributed by atoms with Crippen molar-refractivity contribution in [3.8, 4) is 0 Å². The number of carbonyl (C=O) groups is 3. The maximum absolute atomic E-state index is 12.0. The molecule has 0 aliphatic rings. The highest BCUT2D eigenvalue weighted by atomic mass is 16.4. The summed E-state index contributed by atoms with van der Waals surface area (Å²) in [5.41, 5.74) is 0.142. The van der Waals surface area contributed by atoms with Gasteiger partial charge in [0, 0.05) is 24.2 Å². The average molecular weight is 256 g/mol. The van der Waals surface area contributed by atoms with Crippen LogP contribution in [0.1, 0.15) is 27.7 Å². The molecule has 102 valence electrons. The van der Waals surface area contributed by atoms with Crippen LogP contribution >= 0.6 is 0 Å². The Morgan fingerprint density at radius 2 is 1.67 bits per heavy atom. The van der Waals surface area contributed by atoms with Crippen LogP contribution in [0.15, 0.2) is 11.1 Å². The van der Waals surface area contributed by atoms with Gasteiger partial charge in [-0.25, -0.2) is 4.79 Å². The number of nitrogens with zero attached hydrogens (tertiary/aromatic N) is 1. The van der Waals surface area contributed by atoms with E-state index in [4.69, 9.17) is 5.11 Å². The molecule has 0 rings (SSSR count). The number of carboxylic acid groups (broad SMARTS) is 1. The topological polar surface area (TPSA) is 86.7 Å². The molecule has 0 spiro atoms. The van der Waals surface area contributed by atoms with Gasteiger partial charge in [0.1, 0.15) is 0 Å². The van der Waals surface area contributed by atoms with E-state index in [0.29, 0.717) is 13.1 Å². The largest absolute Gasteiger partial charge is 0.478 e. The minimum atomic E-state index is -1.13. The number of carbonyl (C=O) groups excluding carboxylic acids is 2. The molecule has 0 fully saturated rings. The van der Waals surface area contributed by atoms with Crippen molar-refractivity contribution in [1.82, 2.24) is 10.2 Å². The maximum atomic E-state index is 12.0. The van der Waals surface area contributed by atoms with Crippen molar-refractivity contribution >= 4 is 17.8 Å². The zero-order chi connectivity index (χ0) is 14.3. The molecule has 0 aliphatic heterocycles. The summed E-state index contributed by atoms with van der Waals surface area (Å²) in [7, 11) is 0. The average Bonchev–Trinajstić information content (AvgIpc) is 2.33. The van der Waals surface area contributed by atoms with E-state index in [1.807, 2.05) is 0 Å². The minimum absolute atomic E-state index is 0.00523. The highest BCUT2D eigenvalue weighted by Gasteiger charge is 2.20. The number of aliphatic carboxylic acids is 1. The molecule has 0 bridgehead atoms. The summed E-state index contributed by atoms with van der Waals surface area (Å²) in [6.07, 6.45) is 0. The standard InChI is InChI=1S/C12H20N2O4/c1-5-13-10(15)7-14(6-2)11(16)8(3)9(4)12(17)18/h5-7H2,1-4H3,(H,13,15)(H,17,18)/b9-8-. The number of hydrogen-bond donors (Lipinski definition) is 2. The summed E-state index contributed by atoms with van der Waals surface area (Å²) < 4.78 is 0. The van der Waals surface area contributed by atoms with Crippen molar-refractivity contribution in [1.29, 1.82) is 0 Å². The zero-order valence-electron chi connectivity index (χ0n) is 11.2. The first-order valence-corrected chi connectivity index (χ1v) is 5.81. The third kappa shape index (κ3) is 4.57. The van der Waals surface area contributed by atoms with Crippen LogP contribution in [0.5, 0.6) is 0 Å². The Hall–Kier alpha value is -1.85. The molecule has 0 saturated heterocycles. The number of carboxylic acids is 1. The third-order valence-corrected chi connectivity index (χ3v) is 2.58. The smallest absolute Gasteiger partial charge is 0.331 e. The SMILES string of the molecule is CCNC(=O)CN(CC)C(=O)/C(C)=C(/C)C(=O)O. The number of rotatable bonds is 6. The first-order chi connectivity index (χ1) is 8.34. The fraction of sp³-hybridized carbons (Fsp3) is 0.583. The second kappa shape index (κ2) is 7.47. The van der Waals surface area contributed by atoms with Crippen LogP contribution in [0, 0.1) is 0 Å². The monoisotopic (exact) mass is 256 g/mol. The Kier molecular flexibility index (Phi) is 6.70. The molecule has 0 radical (unpaired) electrons. The summed E-state index contributed by atoms with van der Waals surface area (Å²) >= 11 is 0. The van der Waals surface area contributed by atoms with E-state index >= 15 is 0 Å². The maximum Gasteiger partial charge on any atom is 0.331 e. The first kappa shape index (κ1) is 16.1. The van der Waals surface area contributed by atoms with Crippen molar-refractivity contribution in [2.45, 2.75) is 27.7 Å². The molecular formula is C12H20N2O4. The molecule has 0 atom stereocenters. The van der Waals surface area contributed by atoms with E-state index in [1.54, 1.807) is 13.8 Å². The summed E-state index contributed by atoms with van der Waals surface area (Å²) in [5.74, 6) is -1.81. The Balaban J connectivity index is 4.87. The molecule has 6 heteroatoms. The van der Waals surface area contributed by atoms with E-state index in [-0.39, 0.29) is 23.6 Å². The number of nitrogens with one attached hydrogen (secondary N) is 1. The lowest BCUT2D eigenvalue weighted by Crippen LogP contribution is -2.41. The number of likely N-dealkylation sites (N-methyl/N-ethyl adjacent to an activating group) is 2. The van der Waals surface area contributed by atoms with Gasteiger partial charge in [0.2, 0.25) is 11.8 Å². The van der Waals surface area contributed by atoms with Crippen LogP contribution in [0.4, 0.5) is 0 Å². The van der Waals surface area contributed by atoms with Gasteiger partial charge in [-0.05, 0) is 27.7 Å². The summed E-state index contributed by atoms with van der Waals surface area (Å²) in [6.45, 7) is 7.12. The Morgan fingerprint density at radius 3 is 2.06 bits per heavy atom. The predicted molar refractivity (Wildman–Crippen MR) is 66.9 cm³/mol. The zero-order valence-corrected chi connectivity index (χ0v) is 11.2. The minimum Gasteiger partial charge on any atom is -0.478 e. The highest BCUT2D eigenvalue weighted by Crippen LogP contribution is 2.08. The van der Waals surface area contributed by atoms with Gasteiger partial charge < -0.3 is 15.3 Å². The van der Waals surface area contributed by atoms with Crippen LogP contribution in [0.3, 0.4) is 0 Å². The van der Waals surface area contributed by atoms with Crippen LogP contribution in [-0.2, 0) is 14.4 Å². The fourth-order valence-corrected chi connectivity index (χ4v) is 1.31.